The van der Waals surface area contributed by atoms with Crippen molar-refractivity contribution in [3.63, 3.8) is 0 Å². The van der Waals surface area contributed by atoms with Crippen LogP contribution < -0.4 is 20.1 Å². The summed E-state index contributed by atoms with van der Waals surface area (Å²) in [5.41, 5.74) is 3.39. The van der Waals surface area contributed by atoms with Gasteiger partial charge >= 0.3 is 0 Å². The molecule has 3 amide bonds. The Hall–Kier alpha value is -4.13. The molecule has 0 aromatic heterocycles. The molecule has 0 aliphatic carbocycles. The molecular formula is C24H20N2O5. The third-order valence-corrected chi connectivity index (χ3v) is 4.91. The lowest BCUT2D eigenvalue weighted by molar-refractivity contribution is -0.118. The molecule has 4 rings (SSSR count). The summed E-state index contributed by atoms with van der Waals surface area (Å²) >= 11 is 0. The summed E-state index contributed by atoms with van der Waals surface area (Å²) in [7, 11) is 0. The number of carbonyl (C=O) groups excluding carboxylic acids is 3. The van der Waals surface area contributed by atoms with E-state index in [1.807, 2.05) is 32.0 Å². The van der Waals surface area contributed by atoms with E-state index in [1.165, 1.54) is 6.07 Å². The summed E-state index contributed by atoms with van der Waals surface area (Å²) in [6.45, 7) is 3.87. The quantitative estimate of drug-likeness (QED) is 0.593. The number of ether oxygens (including phenoxy) is 2. The molecule has 3 aromatic carbocycles. The number of anilines is 1. The maximum absolute atomic E-state index is 12.2. The Morgan fingerprint density at radius 1 is 0.839 bits per heavy atom. The topological polar surface area (TPSA) is 93.7 Å². The molecule has 0 spiro atoms. The van der Waals surface area contributed by atoms with Gasteiger partial charge in [0.05, 0.1) is 11.1 Å². The molecule has 7 heteroatoms. The van der Waals surface area contributed by atoms with Gasteiger partial charge in [0, 0.05) is 11.8 Å². The van der Waals surface area contributed by atoms with E-state index in [2.05, 4.69) is 10.6 Å². The first-order valence-electron chi connectivity index (χ1n) is 9.66. The molecule has 1 aliphatic rings. The zero-order valence-electron chi connectivity index (χ0n) is 17.0. The van der Waals surface area contributed by atoms with Crippen molar-refractivity contribution in [2.75, 3.05) is 11.9 Å². The van der Waals surface area contributed by atoms with E-state index >= 15 is 0 Å². The minimum Gasteiger partial charge on any atom is -0.484 e. The Balaban J connectivity index is 1.38. The Morgan fingerprint density at radius 3 is 2.39 bits per heavy atom. The monoisotopic (exact) mass is 416 g/mol. The van der Waals surface area contributed by atoms with Crippen LogP contribution in [-0.4, -0.2) is 24.3 Å². The highest BCUT2D eigenvalue weighted by atomic mass is 16.5. The highest BCUT2D eigenvalue weighted by Crippen LogP contribution is 2.28. The van der Waals surface area contributed by atoms with Crippen molar-refractivity contribution in [2.24, 2.45) is 0 Å². The van der Waals surface area contributed by atoms with Crippen LogP contribution in [0.4, 0.5) is 5.69 Å². The van der Waals surface area contributed by atoms with E-state index in [4.69, 9.17) is 9.47 Å². The molecular weight excluding hydrogens is 396 g/mol. The van der Waals surface area contributed by atoms with Crippen LogP contribution >= 0.6 is 0 Å². The van der Waals surface area contributed by atoms with Crippen LogP contribution in [0.25, 0.3) is 0 Å². The number of amides is 3. The van der Waals surface area contributed by atoms with Crippen molar-refractivity contribution in [1.82, 2.24) is 5.32 Å². The van der Waals surface area contributed by atoms with E-state index in [9.17, 15) is 14.4 Å². The standard InChI is InChI=1S/C24H20N2O5/c1-14-6-7-17(10-15(14)2)30-13-22(27)25-16-4-3-5-18(11-16)31-19-8-9-20-21(12-19)24(29)26-23(20)28/h3-12H,13H2,1-2H3,(H,25,27)(H,26,28,29). The molecule has 2 N–H and O–H groups in total. The number of nitrogens with one attached hydrogen (secondary N) is 2. The third kappa shape index (κ3) is 4.56. The molecule has 0 radical (unpaired) electrons. The van der Waals surface area contributed by atoms with Crippen molar-refractivity contribution in [1.29, 1.82) is 0 Å². The minimum atomic E-state index is -0.449. The number of hydrogen-bond acceptors (Lipinski definition) is 5. The van der Waals surface area contributed by atoms with Crippen LogP contribution in [0.15, 0.2) is 60.7 Å². The second-order valence-corrected chi connectivity index (χ2v) is 7.20. The van der Waals surface area contributed by atoms with E-state index in [0.717, 1.165) is 11.1 Å². The average molecular weight is 416 g/mol. The largest absolute Gasteiger partial charge is 0.484 e. The zero-order valence-corrected chi connectivity index (χ0v) is 17.0. The van der Waals surface area contributed by atoms with Crippen molar-refractivity contribution >= 4 is 23.4 Å². The average Bonchev–Trinajstić information content (AvgIpc) is 3.02. The Morgan fingerprint density at radius 2 is 1.58 bits per heavy atom. The molecule has 3 aromatic rings. The molecule has 0 saturated carbocycles. The van der Waals surface area contributed by atoms with Crippen LogP contribution in [0.1, 0.15) is 31.8 Å². The molecule has 1 heterocycles. The maximum atomic E-state index is 12.2. The van der Waals surface area contributed by atoms with Gasteiger partial charge in [0.25, 0.3) is 17.7 Å². The number of rotatable bonds is 6. The number of fused-ring (bicyclic) bond motifs is 1. The first-order valence-corrected chi connectivity index (χ1v) is 9.66. The van der Waals surface area contributed by atoms with Crippen LogP contribution in [0.2, 0.25) is 0 Å². The highest BCUT2D eigenvalue weighted by Gasteiger charge is 2.26. The lowest BCUT2D eigenvalue weighted by atomic mass is 10.1. The molecule has 0 saturated heterocycles. The Bertz CT molecular complexity index is 1200. The minimum absolute atomic E-state index is 0.123. The van der Waals surface area contributed by atoms with Gasteiger partial charge in [-0.05, 0) is 67.4 Å². The zero-order chi connectivity index (χ0) is 22.0. The number of imide groups is 1. The summed E-state index contributed by atoms with van der Waals surface area (Å²) in [6, 6.07) is 17.2. The van der Waals surface area contributed by atoms with Crippen LogP contribution in [0.3, 0.4) is 0 Å². The summed E-state index contributed by atoms with van der Waals surface area (Å²) in [4.78, 5) is 35.7. The second kappa shape index (κ2) is 8.31. The SMILES string of the molecule is Cc1ccc(OCC(=O)Nc2cccc(Oc3ccc4c(c3)C(=O)NC4=O)c2)cc1C. The van der Waals surface area contributed by atoms with Crippen molar-refractivity contribution in [2.45, 2.75) is 13.8 Å². The van der Waals surface area contributed by atoms with Crippen molar-refractivity contribution in [3.8, 4) is 17.2 Å². The molecule has 0 fully saturated rings. The van der Waals surface area contributed by atoms with Crippen LogP contribution in [0, 0.1) is 13.8 Å². The van der Waals surface area contributed by atoms with Crippen molar-refractivity contribution in [3.05, 3.63) is 82.9 Å². The van der Waals surface area contributed by atoms with Crippen LogP contribution in [0.5, 0.6) is 17.2 Å². The lowest BCUT2D eigenvalue weighted by Gasteiger charge is -2.11. The fourth-order valence-electron chi connectivity index (χ4n) is 3.13. The van der Waals surface area contributed by atoms with Gasteiger partial charge in [0.15, 0.2) is 6.61 Å². The normalized spacial score (nSPS) is 12.2. The summed E-state index contributed by atoms with van der Waals surface area (Å²) in [6.07, 6.45) is 0. The molecule has 7 nitrogen and oxygen atoms in total. The van der Waals surface area contributed by atoms with E-state index in [0.29, 0.717) is 28.5 Å². The van der Waals surface area contributed by atoms with Gasteiger partial charge in [0.2, 0.25) is 0 Å². The number of aryl methyl sites for hydroxylation is 2. The highest BCUT2D eigenvalue weighted by molar-refractivity contribution is 6.21. The summed E-state index contributed by atoms with van der Waals surface area (Å²) < 4.78 is 11.3. The maximum Gasteiger partial charge on any atom is 0.262 e. The fraction of sp³-hybridized carbons (Fsp3) is 0.125. The second-order valence-electron chi connectivity index (χ2n) is 7.20. The number of benzene rings is 3. The van der Waals surface area contributed by atoms with Gasteiger partial charge in [-0.25, -0.2) is 0 Å². The molecule has 0 unspecified atom stereocenters. The first-order chi connectivity index (χ1) is 14.9. The fourth-order valence-corrected chi connectivity index (χ4v) is 3.13. The van der Waals surface area contributed by atoms with E-state index < -0.39 is 11.8 Å². The predicted molar refractivity (Wildman–Crippen MR) is 115 cm³/mol. The van der Waals surface area contributed by atoms with E-state index in [1.54, 1.807) is 36.4 Å². The third-order valence-electron chi connectivity index (χ3n) is 4.91. The van der Waals surface area contributed by atoms with E-state index in [-0.39, 0.29) is 18.1 Å². The number of hydrogen-bond donors (Lipinski definition) is 2. The van der Waals surface area contributed by atoms with Gasteiger partial charge in [-0.2, -0.15) is 0 Å². The molecule has 31 heavy (non-hydrogen) atoms. The smallest absolute Gasteiger partial charge is 0.262 e. The summed E-state index contributed by atoms with van der Waals surface area (Å²) in [5, 5.41) is 5.01. The van der Waals surface area contributed by atoms with Gasteiger partial charge in [-0.3, -0.25) is 19.7 Å². The first kappa shape index (κ1) is 20.2. The molecule has 156 valence electrons. The van der Waals surface area contributed by atoms with Gasteiger partial charge in [-0.1, -0.05) is 12.1 Å². The Labute approximate surface area is 179 Å². The van der Waals surface area contributed by atoms with Crippen LogP contribution in [-0.2, 0) is 4.79 Å². The Kier molecular flexibility index (Phi) is 5.41. The molecule has 0 bridgehead atoms. The van der Waals surface area contributed by atoms with Gasteiger partial charge in [0.1, 0.15) is 17.2 Å². The van der Waals surface area contributed by atoms with Gasteiger partial charge < -0.3 is 14.8 Å². The number of carbonyl (C=O) groups is 3. The van der Waals surface area contributed by atoms with Gasteiger partial charge in [-0.15, -0.1) is 0 Å². The predicted octanol–water partition coefficient (Wildman–Crippen LogP) is 4.00. The lowest BCUT2D eigenvalue weighted by Crippen LogP contribution is -2.20. The van der Waals surface area contributed by atoms with Crippen molar-refractivity contribution < 1.29 is 23.9 Å². The molecule has 1 aliphatic heterocycles. The molecule has 0 atom stereocenters. The summed E-state index contributed by atoms with van der Waals surface area (Å²) in [5.74, 6) is 0.342.